The zero-order valence-corrected chi connectivity index (χ0v) is 20.5. The lowest BCUT2D eigenvalue weighted by atomic mass is 10.1. The Morgan fingerprint density at radius 2 is 1.74 bits per heavy atom. The third-order valence-electron chi connectivity index (χ3n) is 3.07. The summed E-state index contributed by atoms with van der Waals surface area (Å²) in [6.07, 6.45) is 0.787. The normalized spacial score (nSPS) is 24.3. The number of hydrogen-bond donors (Lipinski definition) is 0. The third kappa shape index (κ3) is 4.06. The van der Waals surface area contributed by atoms with Crippen molar-refractivity contribution in [2.24, 2.45) is 9.98 Å². The van der Waals surface area contributed by atoms with Crippen molar-refractivity contribution in [3.8, 4) is 5.75 Å². The van der Waals surface area contributed by atoms with E-state index in [0.29, 0.717) is 11.6 Å². The van der Waals surface area contributed by atoms with Crippen LogP contribution < -0.4 is 4.89 Å². The van der Waals surface area contributed by atoms with Crippen LogP contribution in [0.15, 0.2) is 34.3 Å². The van der Waals surface area contributed by atoms with Crippen molar-refractivity contribution in [1.29, 1.82) is 0 Å². The molecule has 0 saturated carbocycles. The molecule has 0 saturated heterocycles. The lowest BCUT2D eigenvalue weighted by Crippen LogP contribution is -2.47. The van der Waals surface area contributed by atoms with Crippen LogP contribution in [0, 0.1) is 0 Å². The van der Waals surface area contributed by atoms with E-state index in [1.54, 1.807) is 6.34 Å². The van der Waals surface area contributed by atoms with Gasteiger partial charge in [0.25, 0.3) is 0 Å². The molecule has 124 valence electrons. The SMILES string of the molecule is BrC(Br)(Br)C1=NC(C(Br)(Br)Br)N(C2OOc3ccccc32)C=N1. The number of nitrogens with zero attached hydrogens (tertiary/aromatic N) is 3. The second-order valence-corrected chi connectivity index (χ2v) is 18.3. The highest BCUT2D eigenvalue weighted by atomic mass is 80.0. The molecule has 23 heavy (non-hydrogen) atoms. The Morgan fingerprint density at radius 1 is 1.04 bits per heavy atom. The smallest absolute Gasteiger partial charge is 0.208 e. The van der Waals surface area contributed by atoms with Gasteiger partial charge in [0.1, 0.15) is 0 Å². The minimum Gasteiger partial charge on any atom is -0.335 e. The molecule has 3 rings (SSSR count). The quantitative estimate of drug-likeness (QED) is 0.277. The van der Waals surface area contributed by atoms with Crippen LogP contribution in [0.4, 0.5) is 0 Å². The molecule has 1 aromatic carbocycles. The predicted octanol–water partition coefficient (Wildman–Crippen LogP) is 5.75. The van der Waals surface area contributed by atoms with E-state index in [4.69, 9.17) is 9.78 Å². The molecule has 0 fully saturated rings. The van der Waals surface area contributed by atoms with Crippen molar-refractivity contribution >= 4 is 108 Å². The number of fused-ring (bicyclic) bond motifs is 1. The largest absolute Gasteiger partial charge is 0.335 e. The Bertz CT molecular complexity index is 669. The molecule has 11 heteroatoms. The molecule has 1 aromatic rings. The van der Waals surface area contributed by atoms with Crippen LogP contribution in [0.2, 0.25) is 0 Å². The Morgan fingerprint density at radius 3 is 2.39 bits per heavy atom. The summed E-state index contributed by atoms with van der Waals surface area (Å²) >= 11 is 20.9. The van der Waals surface area contributed by atoms with E-state index in [1.165, 1.54) is 0 Å². The molecule has 2 aliphatic rings. The van der Waals surface area contributed by atoms with Gasteiger partial charge in [0.2, 0.25) is 6.23 Å². The molecule has 0 radical (unpaired) electrons. The summed E-state index contributed by atoms with van der Waals surface area (Å²) in [6.45, 7) is 0. The zero-order chi connectivity index (χ0) is 16.8. The van der Waals surface area contributed by atoms with Crippen LogP contribution in [-0.4, -0.2) is 27.5 Å². The molecule has 5 nitrogen and oxygen atoms in total. The van der Waals surface area contributed by atoms with Crippen molar-refractivity contribution < 1.29 is 9.78 Å². The first-order valence-corrected chi connectivity index (χ1v) is 10.9. The number of rotatable bonds is 1. The van der Waals surface area contributed by atoms with E-state index in [2.05, 4.69) is 106 Å². The molecule has 2 heterocycles. The first-order valence-electron chi connectivity index (χ1n) is 6.13. The number of benzene rings is 1. The van der Waals surface area contributed by atoms with Gasteiger partial charge in [-0.15, -0.1) is 0 Å². The summed E-state index contributed by atoms with van der Waals surface area (Å²) in [5.74, 6) is 1.20. The molecular weight excluding hydrogens is 698 g/mol. The van der Waals surface area contributed by atoms with Crippen molar-refractivity contribution in [1.82, 2.24) is 4.90 Å². The highest BCUT2D eigenvalue weighted by Crippen LogP contribution is 2.47. The van der Waals surface area contributed by atoms with Crippen LogP contribution in [0.5, 0.6) is 5.75 Å². The fraction of sp³-hybridized carbons (Fsp3) is 0.333. The summed E-state index contributed by atoms with van der Waals surface area (Å²) in [6, 6.07) is 7.61. The topological polar surface area (TPSA) is 46.4 Å². The highest BCUT2D eigenvalue weighted by molar-refractivity contribution is 9.40. The fourth-order valence-electron chi connectivity index (χ4n) is 2.10. The van der Waals surface area contributed by atoms with Gasteiger partial charge in [-0.1, -0.05) is 114 Å². The van der Waals surface area contributed by atoms with Crippen LogP contribution in [0.3, 0.4) is 0 Å². The maximum atomic E-state index is 5.48. The van der Waals surface area contributed by atoms with Gasteiger partial charge in [0, 0.05) is 0 Å². The Balaban J connectivity index is 1.97. The number of alkyl halides is 6. The maximum absolute atomic E-state index is 5.48. The second-order valence-electron chi connectivity index (χ2n) is 4.63. The van der Waals surface area contributed by atoms with Gasteiger partial charge in [0.15, 0.2) is 22.0 Å². The Hall–Kier alpha value is 1.00. The lowest BCUT2D eigenvalue weighted by molar-refractivity contribution is -0.255. The van der Waals surface area contributed by atoms with Gasteiger partial charge in [-0.25, -0.2) is 9.98 Å². The van der Waals surface area contributed by atoms with E-state index in [1.807, 2.05) is 29.2 Å². The maximum Gasteiger partial charge on any atom is 0.208 e. The van der Waals surface area contributed by atoms with Gasteiger partial charge in [0.05, 0.1) is 11.9 Å². The second kappa shape index (κ2) is 6.96. The highest BCUT2D eigenvalue weighted by Gasteiger charge is 2.45. The molecular formula is C12H7Br6N3O2. The van der Waals surface area contributed by atoms with E-state index >= 15 is 0 Å². The fourth-order valence-corrected chi connectivity index (χ4v) is 3.73. The first kappa shape index (κ1) is 18.8. The summed E-state index contributed by atoms with van der Waals surface area (Å²) in [5.41, 5.74) is 0.905. The summed E-state index contributed by atoms with van der Waals surface area (Å²) in [5, 5.41) is 0. The van der Waals surface area contributed by atoms with E-state index in [-0.39, 0.29) is 0 Å². The van der Waals surface area contributed by atoms with E-state index < -0.39 is 16.7 Å². The summed E-state index contributed by atoms with van der Waals surface area (Å²) < 4.78 is -1.40. The van der Waals surface area contributed by atoms with Crippen LogP contribution >= 0.6 is 95.6 Å². The monoisotopic (exact) mass is 699 g/mol. The number of halogens is 6. The first-order chi connectivity index (χ1) is 10.7. The van der Waals surface area contributed by atoms with Crippen LogP contribution in [0.25, 0.3) is 0 Å². The molecule has 0 aliphatic carbocycles. The van der Waals surface area contributed by atoms with Crippen LogP contribution in [0.1, 0.15) is 11.8 Å². The summed E-state index contributed by atoms with van der Waals surface area (Å²) in [4.78, 5) is 21.6. The van der Waals surface area contributed by atoms with Crippen molar-refractivity contribution in [3.05, 3.63) is 29.8 Å². The average Bonchev–Trinajstić information content (AvgIpc) is 2.88. The number of hydrogen-bond acceptors (Lipinski definition) is 5. The number of aliphatic imine (C=N–C) groups is 2. The Kier molecular flexibility index (Phi) is 5.68. The lowest BCUT2D eigenvalue weighted by Gasteiger charge is -2.37. The molecule has 2 unspecified atom stereocenters. The third-order valence-corrected chi connectivity index (χ3v) is 5.36. The standard InChI is InChI=1S/C12H7Br6N3O2/c13-11(14,15)9-19-5-21(10(20-9)12(16,17)18)8-6-3-1-2-4-7(6)22-23-8/h1-5,8,10H. The van der Waals surface area contributed by atoms with E-state index in [9.17, 15) is 0 Å². The van der Waals surface area contributed by atoms with Crippen LogP contribution in [-0.2, 0) is 4.89 Å². The average molecular weight is 705 g/mol. The van der Waals surface area contributed by atoms with Crippen molar-refractivity contribution in [3.63, 3.8) is 0 Å². The summed E-state index contributed by atoms with van der Waals surface area (Å²) in [7, 11) is 0. The van der Waals surface area contributed by atoms with Crippen molar-refractivity contribution in [2.45, 2.75) is 16.7 Å². The minimum atomic E-state index is -0.711. The van der Waals surface area contributed by atoms with Gasteiger partial charge in [-0.3, -0.25) is 0 Å². The minimum absolute atomic E-state index is 0.415. The van der Waals surface area contributed by atoms with Gasteiger partial charge in [-0.2, -0.15) is 4.89 Å². The predicted molar refractivity (Wildman–Crippen MR) is 111 cm³/mol. The molecule has 2 aliphatic heterocycles. The number of amidine groups is 1. The number of para-hydroxylation sites is 1. The van der Waals surface area contributed by atoms with Gasteiger partial charge >= 0.3 is 0 Å². The molecule has 0 bridgehead atoms. The molecule has 0 N–H and O–H groups in total. The molecule has 0 spiro atoms. The van der Waals surface area contributed by atoms with Gasteiger partial charge < -0.3 is 9.79 Å². The van der Waals surface area contributed by atoms with Crippen molar-refractivity contribution in [2.75, 3.05) is 0 Å². The Labute approximate surface area is 183 Å². The molecule has 2 atom stereocenters. The van der Waals surface area contributed by atoms with E-state index in [0.717, 1.165) is 5.56 Å². The molecule has 0 aromatic heterocycles. The zero-order valence-electron chi connectivity index (χ0n) is 11.0. The van der Waals surface area contributed by atoms with Gasteiger partial charge in [-0.05, 0) is 6.07 Å². The molecule has 0 amide bonds.